The van der Waals surface area contributed by atoms with Crippen LogP contribution in [-0.2, 0) is 19.6 Å². The third-order valence-corrected chi connectivity index (χ3v) is 5.70. The molecule has 160 valence electrons. The van der Waals surface area contributed by atoms with Crippen molar-refractivity contribution in [3.05, 3.63) is 35.4 Å². The zero-order chi connectivity index (χ0) is 19.3. The molecule has 1 saturated heterocycles. The molecule has 2 aliphatic heterocycles. The average molecular weight is 422 g/mol. The number of nitrogens with one attached hydrogen (secondary N) is 1. The predicted molar refractivity (Wildman–Crippen MR) is 115 cm³/mol. The first-order valence-electron chi connectivity index (χ1n) is 10.4. The van der Waals surface area contributed by atoms with Crippen LogP contribution in [0.15, 0.2) is 18.2 Å². The molecule has 8 heteroatoms. The Morgan fingerprint density at radius 3 is 2.72 bits per heavy atom. The molecule has 0 amide bonds. The Morgan fingerprint density at radius 2 is 1.97 bits per heavy atom. The van der Waals surface area contributed by atoms with Crippen molar-refractivity contribution in [1.29, 1.82) is 0 Å². The average Bonchev–Trinajstić information content (AvgIpc) is 3.17. The lowest BCUT2D eigenvalue weighted by Gasteiger charge is -2.32. The zero-order valence-corrected chi connectivity index (χ0v) is 18.2. The van der Waals surface area contributed by atoms with Crippen LogP contribution in [0.25, 0.3) is 0 Å². The number of ether oxygens (including phenoxy) is 2. The van der Waals surface area contributed by atoms with Gasteiger partial charge in [-0.05, 0) is 50.0 Å². The van der Waals surface area contributed by atoms with Crippen molar-refractivity contribution in [3.8, 4) is 11.5 Å². The largest absolute Gasteiger partial charge is 0.493 e. The molecule has 0 aliphatic carbocycles. The Hall–Kier alpha value is -1.83. The summed E-state index contributed by atoms with van der Waals surface area (Å²) in [5, 5.41) is 12.3. The lowest BCUT2D eigenvalue weighted by Crippen LogP contribution is -2.34. The summed E-state index contributed by atoms with van der Waals surface area (Å²) in [6.07, 6.45) is 3.27. The Balaban J connectivity index is 0.00000240. The molecule has 1 aromatic carbocycles. The summed E-state index contributed by atoms with van der Waals surface area (Å²) in [7, 11) is 1.71. The minimum atomic E-state index is 0. The molecule has 29 heavy (non-hydrogen) atoms. The highest BCUT2D eigenvalue weighted by atomic mass is 35.5. The number of likely N-dealkylation sites (tertiary alicyclic amines) is 1. The number of halogens is 1. The lowest BCUT2D eigenvalue weighted by molar-refractivity contribution is 0.199. The van der Waals surface area contributed by atoms with Gasteiger partial charge in [0.15, 0.2) is 11.5 Å². The second-order valence-electron chi connectivity index (χ2n) is 7.69. The molecule has 3 heterocycles. The van der Waals surface area contributed by atoms with E-state index >= 15 is 0 Å². The van der Waals surface area contributed by atoms with Gasteiger partial charge in [-0.2, -0.15) is 0 Å². The van der Waals surface area contributed by atoms with E-state index in [4.69, 9.17) is 9.47 Å². The van der Waals surface area contributed by atoms with Gasteiger partial charge < -0.3 is 19.4 Å². The summed E-state index contributed by atoms with van der Waals surface area (Å²) in [4.78, 5) is 2.52. The van der Waals surface area contributed by atoms with E-state index in [9.17, 15) is 0 Å². The van der Waals surface area contributed by atoms with Crippen LogP contribution in [0.4, 0.5) is 0 Å². The molecule has 4 rings (SSSR count). The van der Waals surface area contributed by atoms with Gasteiger partial charge in [0.1, 0.15) is 11.6 Å². The number of aromatic nitrogens is 3. The Kier molecular flexibility index (Phi) is 7.75. The molecule has 1 aromatic heterocycles. The van der Waals surface area contributed by atoms with Gasteiger partial charge in [-0.1, -0.05) is 13.0 Å². The molecule has 0 atom stereocenters. The highest BCUT2D eigenvalue weighted by Gasteiger charge is 2.27. The topological polar surface area (TPSA) is 64.4 Å². The highest BCUT2D eigenvalue weighted by Crippen LogP contribution is 2.31. The van der Waals surface area contributed by atoms with Gasteiger partial charge in [-0.25, -0.2) is 0 Å². The number of rotatable bonds is 7. The van der Waals surface area contributed by atoms with Crippen LogP contribution in [0.1, 0.15) is 49.3 Å². The third-order valence-electron chi connectivity index (χ3n) is 5.70. The van der Waals surface area contributed by atoms with E-state index < -0.39 is 0 Å². The van der Waals surface area contributed by atoms with E-state index in [1.54, 1.807) is 7.11 Å². The van der Waals surface area contributed by atoms with E-state index in [2.05, 4.69) is 44.0 Å². The van der Waals surface area contributed by atoms with Gasteiger partial charge in [0.25, 0.3) is 0 Å². The molecular weight excluding hydrogens is 390 g/mol. The molecule has 0 bridgehead atoms. The van der Waals surface area contributed by atoms with Crippen molar-refractivity contribution in [2.45, 2.75) is 51.7 Å². The molecule has 0 radical (unpaired) electrons. The van der Waals surface area contributed by atoms with Crippen molar-refractivity contribution in [2.75, 3.05) is 33.4 Å². The van der Waals surface area contributed by atoms with Crippen LogP contribution in [0.5, 0.6) is 11.5 Å². The summed E-state index contributed by atoms with van der Waals surface area (Å²) in [5.74, 6) is 4.45. The maximum atomic E-state index is 5.76. The number of benzene rings is 1. The quantitative estimate of drug-likeness (QED) is 0.741. The Bertz CT molecular complexity index is 789. The second kappa shape index (κ2) is 10.3. The van der Waals surface area contributed by atoms with Crippen molar-refractivity contribution in [1.82, 2.24) is 25.0 Å². The molecule has 0 spiro atoms. The van der Waals surface area contributed by atoms with Crippen LogP contribution in [0.2, 0.25) is 0 Å². The molecule has 1 fully saturated rings. The van der Waals surface area contributed by atoms with E-state index in [1.807, 2.05) is 6.07 Å². The number of nitrogens with zero attached hydrogens (tertiary/aromatic N) is 4. The fraction of sp³-hybridized carbons (Fsp3) is 0.619. The van der Waals surface area contributed by atoms with Crippen molar-refractivity contribution in [2.24, 2.45) is 0 Å². The SMILES string of the molecule is CCCOc1ccc(CN2CCC(c3nnc4n3CCNC4)CC2)cc1OC.Cl. The zero-order valence-electron chi connectivity index (χ0n) is 17.4. The molecule has 0 saturated carbocycles. The molecular formula is C21H32ClN5O2. The maximum absolute atomic E-state index is 5.76. The smallest absolute Gasteiger partial charge is 0.161 e. The maximum Gasteiger partial charge on any atom is 0.161 e. The summed E-state index contributed by atoms with van der Waals surface area (Å²) >= 11 is 0. The van der Waals surface area contributed by atoms with Crippen LogP contribution in [-0.4, -0.2) is 53.0 Å². The summed E-state index contributed by atoms with van der Waals surface area (Å²) in [5.41, 5.74) is 1.27. The van der Waals surface area contributed by atoms with Crippen LogP contribution in [0, 0.1) is 0 Å². The summed E-state index contributed by atoms with van der Waals surface area (Å²) in [6.45, 7) is 8.77. The first-order valence-corrected chi connectivity index (χ1v) is 10.4. The normalized spacial score (nSPS) is 17.4. The first-order chi connectivity index (χ1) is 13.8. The van der Waals surface area contributed by atoms with Gasteiger partial charge in [0.2, 0.25) is 0 Å². The Morgan fingerprint density at radius 1 is 1.14 bits per heavy atom. The van der Waals surface area contributed by atoms with Gasteiger partial charge in [0, 0.05) is 25.6 Å². The van der Waals surface area contributed by atoms with Crippen molar-refractivity contribution >= 4 is 12.4 Å². The van der Waals surface area contributed by atoms with E-state index in [0.717, 1.165) is 75.9 Å². The second-order valence-corrected chi connectivity index (χ2v) is 7.69. The van der Waals surface area contributed by atoms with Crippen LogP contribution >= 0.6 is 12.4 Å². The molecule has 7 nitrogen and oxygen atoms in total. The third kappa shape index (κ3) is 5.02. The minimum absolute atomic E-state index is 0. The van der Waals surface area contributed by atoms with Crippen molar-refractivity contribution in [3.63, 3.8) is 0 Å². The Labute approximate surface area is 179 Å². The highest BCUT2D eigenvalue weighted by molar-refractivity contribution is 5.85. The van der Waals surface area contributed by atoms with Crippen LogP contribution in [0.3, 0.4) is 0 Å². The van der Waals surface area contributed by atoms with Gasteiger partial charge in [-0.3, -0.25) is 4.90 Å². The van der Waals surface area contributed by atoms with Crippen LogP contribution < -0.4 is 14.8 Å². The van der Waals surface area contributed by atoms with Gasteiger partial charge >= 0.3 is 0 Å². The standard InChI is InChI=1S/C21H31N5O2.ClH/c1-3-12-28-18-5-4-16(13-19(18)27-2)15-25-9-6-17(7-10-25)21-24-23-20-14-22-8-11-26(20)21;/h4-5,13,17,22H,3,6-12,14-15H2,1-2H3;1H. The van der Waals surface area contributed by atoms with Crippen molar-refractivity contribution < 1.29 is 9.47 Å². The molecule has 2 aliphatic rings. The minimum Gasteiger partial charge on any atom is -0.493 e. The van der Waals surface area contributed by atoms with Gasteiger partial charge in [0.05, 0.1) is 20.3 Å². The molecule has 2 aromatic rings. The number of hydrogen-bond acceptors (Lipinski definition) is 6. The number of fused-ring (bicyclic) bond motifs is 1. The first kappa shape index (κ1) is 21.9. The molecule has 1 N–H and O–H groups in total. The summed E-state index contributed by atoms with van der Waals surface area (Å²) in [6, 6.07) is 6.30. The predicted octanol–water partition coefficient (Wildman–Crippen LogP) is 2.98. The van der Waals surface area contributed by atoms with E-state index in [0.29, 0.717) is 12.5 Å². The fourth-order valence-corrected chi connectivity index (χ4v) is 4.17. The number of piperidine rings is 1. The summed E-state index contributed by atoms with van der Waals surface area (Å²) < 4.78 is 13.6. The lowest BCUT2D eigenvalue weighted by atomic mass is 9.95. The number of methoxy groups -OCH3 is 1. The van der Waals surface area contributed by atoms with E-state index in [1.165, 1.54) is 11.4 Å². The molecule has 0 unspecified atom stereocenters. The monoisotopic (exact) mass is 421 g/mol. The van der Waals surface area contributed by atoms with Gasteiger partial charge in [-0.15, -0.1) is 22.6 Å². The number of hydrogen-bond donors (Lipinski definition) is 1. The van der Waals surface area contributed by atoms with E-state index in [-0.39, 0.29) is 12.4 Å². The fourth-order valence-electron chi connectivity index (χ4n) is 4.17.